The van der Waals surface area contributed by atoms with Gasteiger partial charge in [0.1, 0.15) is 0 Å². The maximum absolute atomic E-state index is 3.36. The van der Waals surface area contributed by atoms with E-state index in [4.69, 9.17) is 0 Å². The zero-order chi connectivity index (χ0) is 41.1. The first-order chi connectivity index (χ1) is 30.2. The molecule has 0 N–H and O–H groups in total. The number of rotatable bonds is 6. The second-order valence-electron chi connectivity index (χ2n) is 15.6. The Morgan fingerprint density at radius 1 is 0.230 bits per heavy atom. The topological polar surface area (TPSA) is 0 Å². The van der Waals surface area contributed by atoms with Crippen LogP contribution in [0.2, 0.25) is 0 Å². The fraction of sp³-hybridized carbons (Fsp3) is 0.0164. The molecule has 0 saturated carbocycles. The minimum Gasteiger partial charge on any atom is -0.103 e. The molecule has 0 heterocycles. The second kappa shape index (κ2) is 16.5. The highest BCUT2D eigenvalue weighted by Crippen LogP contribution is 2.47. The summed E-state index contributed by atoms with van der Waals surface area (Å²) in [5.74, 6) is 0. The summed E-state index contributed by atoms with van der Waals surface area (Å²) < 4.78 is 0. The zero-order valence-corrected chi connectivity index (χ0v) is 34.2. The molecule has 0 aliphatic carbocycles. The van der Waals surface area contributed by atoms with Crippen molar-refractivity contribution in [1.82, 2.24) is 0 Å². The zero-order valence-electron chi connectivity index (χ0n) is 34.2. The molecule has 0 bridgehead atoms. The van der Waals surface area contributed by atoms with E-state index in [1.54, 1.807) is 6.08 Å². The molecule has 288 valence electrons. The van der Waals surface area contributed by atoms with Crippen LogP contribution in [0.15, 0.2) is 243 Å². The van der Waals surface area contributed by atoms with Gasteiger partial charge in [-0.2, -0.15) is 0 Å². The molecule has 11 rings (SSSR count). The molecule has 11 aromatic rings. The van der Waals surface area contributed by atoms with Crippen LogP contribution in [0.4, 0.5) is 0 Å². The smallest absolute Gasteiger partial charge is 0.00262 e. The van der Waals surface area contributed by atoms with Crippen molar-refractivity contribution in [3.8, 4) is 66.8 Å². The van der Waals surface area contributed by atoms with Gasteiger partial charge in [0, 0.05) is 0 Å². The average molecular weight is 777 g/mol. The van der Waals surface area contributed by atoms with E-state index in [2.05, 4.69) is 237 Å². The first-order valence-electron chi connectivity index (χ1n) is 21.1. The minimum absolute atomic E-state index is 1.20. The highest BCUT2D eigenvalue weighted by Gasteiger charge is 2.19. The quantitative estimate of drug-likeness (QED) is 0.117. The number of benzene rings is 11. The molecule has 11 aromatic carbocycles. The van der Waals surface area contributed by atoms with Crippen LogP contribution in [0, 0.1) is 0 Å². The summed E-state index contributed by atoms with van der Waals surface area (Å²) in [6.45, 7) is 5.25. The Labute approximate surface area is 358 Å². The van der Waals surface area contributed by atoms with Crippen molar-refractivity contribution in [3.05, 3.63) is 243 Å². The van der Waals surface area contributed by atoms with Gasteiger partial charge >= 0.3 is 0 Å². The Hall–Kier alpha value is -7.80. The molecular formula is C61H44. The Bertz CT molecular complexity index is 3100. The van der Waals surface area contributed by atoms with Gasteiger partial charge in [-0.05, 0) is 129 Å². The van der Waals surface area contributed by atoms with E-state index in [0.717, 1.165) is 0 Å². The molecule has 0 aliphatic rings. The van der Waals surface area contributed by atoms with E-state index in [1.807, 2.05) is 6.92 Å². The Morgan fingerprint density at radius 2 is 0.443 bits per heavy atom. The normalized spacial score (nSPS) is 11.1. The fourth-order valence-electron chi connectivity index (χ4n) is 9.23. The van der Waals surface area contributed by atoms with Gasteiger partial charge in [0.2, 0.25) is 0 Å². The van der Waals surface area contributed by atoms with Gasteiger partial charge in [0.15, 0.2) is 0 Å². The number of hydrogen-bond acceptors (Lipinski definition) is 0. The third kappa shape index (κ3) is 6.89. The third-order valence-corrected chi connectivity index (χ3v) is 11.8. The highest BCUT2D eigenvalue weighted by atomic mass is 14.2. The first kappa shape index (κ1) is 37.5. The Kier molecular flexibility index (Phi) is 10.1. The third-order valence-electron chi connectivity index (χ3n) is 11.8. The van der Waals surface area contributed by atoms with Gasteiger partial charge in [-0.3, -0.25) is 0 Å². The van der Waals surface area contributed by atoms with E-state index < -0.39 is 0 Å². The van der Waals surface area contributed by atoms with Gasteiger partial charge < -0.3 is 0 Å². The molecular weight excluding hydrogens is 733 g/mol. The van der Waals surface area contributed by atoms with Crippen LogP contribution in [-0.4, -0.2) is 0 Å². The molecule has 0 unspecified atom stereocenters. The lowest BCUT2D eigenvalue weighted by molar-refractivity contribution is 1.61. The summed E-state index contributed by atoms with van der Waals surface area (Å²) in [6, 6.07) is 84.4. The molecule has 61 heavy (non-hydrogen) atoms. The van der Waals surface area contributed by atoms with Crippen molar-refractivity contribution >= 4 is 43.1 Å². The molecule has 0 spiro atoms. The Morgan fingerprint density at radius 3 is 0.721 bits per heavy atom. The fourth-order valence-corrected chi connectivity index (χ4v) is 9.23. The van der Waals surface area contributed by atoms with Crippen LogP contribution in [-0.2, 0) is 0 Å². The summed E-state index contributed by atoms with van der Waals surface area (Å²) in [4.78, 5) is 0. The van der Waals surface area contributed by atoms with E-state index in [0.29, 0.717) is 0 Å². The molecule has 0 radical (unpaired) electrons. The number of fused-ring (bicyclic) bond motifs is 4. The molecule has 0 aliphatic heterocycles. The summed E-state index contributed by atoms with van der Waals surface area (Å²) >= 11 is 0. The Balaban J connectivity index is 0.00000144. The van der Waals surface area contributed by atoms with Crippen molar-refractivity contribution in [1.29, 1.82) is 0 Å². The summed E-state index contributed by atoms with van der Waals surface area (Å²) in [5.41, 5.74) is 14.8. The molecule has 0 nitrogen and oxygen atoms in total. The average Bonchev–Trinajstić information content (AvgIpc) is 3.33. The van der Waals surface area contributed by atoms with E-state index in [9.17, 15) is 0 Å². The van der Waals surface area contributed by atoms with Crippen LogP contribution in [0.1, 0.15) is 6.92 Å². The SMILES string of the molecule is C=CC.c1ccc(-c2c3ccccc3c(-c3ccccc3)c3cc(-c4ccc(-c5ccc6c(-c7ccccc7)c7ccccc7c(-c7ccccc7)c6c5)cc4)ccc23)cc1. The molecule has 0 atom stereocenters. The summed E-state index contributed by atoms with van der Waals surface area (Å²) in [5, 5.41) is 10.1. The molecule has 0 fully saturated rings. The van der Waals surface area contributed by atoms with Gasteiger partial charge in [0.25, 0.3) is 0 Å². The van der Waals surface area contributed by atoms with Gasteiger partial charge in [-0.1, -0.05) is 224 Å². The second-order valence-corrected chi connectivity index (χ2v) is 15.6. The van der Waals surface area contributed by atoms with Crippen LogP contribution in [0.25, 0.3) is 110 Å². The number of allylic oxidation sites excluding steroid dienone is 1. The van der Waals surface area contributed by atoms with E-state index in [1.165, 1.54) is 110 Å². The van der Waals surface area contributed by atoms with Crippen LogP contribution >= 0.6 is 0 Å². The lowest BCUT2D eigenvalue weighted by Gasteiger charge is -2.19. The lowest BCUT2D eigenvalue weighted by Crippen LogP contribution is -1.92. The van der Waals surface area contributed by atoms with Crippen molar-refractivity contribution in [2.45, 2.75) is 6.92 Å². The van der Waals surface area contributed by atoms with Crippen LogP contribution in [0.3, 0.4) is 0 Å². The highest BCUT2D eigenvalue weighted by molar-refractivity contribution is 6.23. The van der Waals surface area contributed by atoms with Crippen LogP contribution in [0.5, 0.6) is 0 Å². The van der Waals surface area contributed by atoms with E-state index >= 15 is 0 Å². The standard InChI is InChI=1S/C58H38.C3H6/c1-5-17-41(18-6-1)55-47-25-13-15-27-49(47)57(43-21-9-3-10-22-43)53-37-45(33-35-51(53)55)39-29-31-40(32-30-39)46-34-36-52-54(38-46)58(44-23-11-4-12-24-44)50-28-16-14-26-48(50)56(52)42-19-7-2-8-20-42;1-3-2/h1-38H;3H,1H2,2H3. The van der Waals surface area contributed by atoms with Crippen molar-refractivity contribution in [3.63, 3.8) is 0 Å². The van der Waals surface area contributed by atoms with Gasteiger partial charge in [0.05, 0.1) is 0 Å². The minimum atomic E-state index is 1.20. The first-order valence-corrected chi connectivity index (χ1v) is 21.1. The predicted octanol–water partition coefficient (Wildman–Crippen LogP) is 17.5. The van der Waals surface area contributed by atoms with Crippen molar-refractivity contribution < 1.29 is 0 Å². The number of hydrogen-bond donors (Lipinski definition) is 0. The summed E-state index contributed by atoms with van der Waals surface area (Å²) in [7, 11) is 0. The maximum atomic E-state index is 3.36. The monoisotopic (exact) mass is 776 g/mol. The largest absolute Gasteiger partial charge is 0.103 e. The van der Waals surface area contributed by atoms with Crippen molar-refractivity contribution in [2.75, 3.05) is 0 Å². The summed E-state index contributed by atoms with van der Waals surface area (Å²) in [6.07, 6.45) is 1.75. The molecule has 0 aromatic heterocycles. The maximum Gasteiger partial charge on any atom is -0.00262 e. The lowest BCUT2D eigenvalue weighted by atomic mass is 9.84. The molecule has 0 amide bonds. The molecule has 0 saturated heterocycles. The van der Waals surface area contributed by atoms with E-state index in [-0.39, 0.29) is 0 Å². The molecule has 0 heteroatoms. The van der Waals surface area contributed by atoms with Crippen molar-refractivity contribution in [2.24, 2.45) is 0 Å². The van der Waals surface area contributed by atoms with Crippen LogP contribution < -0.4 is 0 Å². The van der Waals surface area contributed by atoms with Gasteiger partial charge in [-0.15, -0.1) is 6.58 Å². The van der Waals surface area contributed by atoms with Gasteiger partial charge in [-0.25, -0.2) is 0 Å². The predicted molar refractivity (Wildman–Crippen MR) is 265 cm³/mol.